The Kier molecular flexibility index (Phi) is 5.92. The zero-order valence-corrected chi connectivity index (χ0v) is 17.1. The number of hydrogen-bond acceptors (Lipinski definition) is 9. The van der Waals surface area contributed by atoms with Gasteiger partial charge in [0.2, 0.25) is 12.2 Å². The minimum atomic E-state index is -1.18. The first-order valence-electron chi connectivity index (χ1n) is 9.28. The number of amides is 1. The molecule has 9 nitrogen and oxygen atoms in total. The number of carbonyl (C=O) groups excluding carboxylic acids is 3. The summed E-state index contributed by atoms with van der Waals surface area (Å²) < 4.78 is 20.2. The van der Waals surface area contributed by atoms with Gasteiger partial charge in [0.25, 0.3) is 0 Å². The number of ether oxygens (including phenoxy) is 4. The third kappa shape index (κ3) is 3.48. The second kappa shape index (κ2) is 7.92. The summed E-state index contributed by atoms with van der Waals surface area (Å²) in [6.07, 6.45) is -2.24. The molecule has 2 saturated heterocycles. The fourth-order valence-electron chi connectivity index (χ4n) is 3.86. The van der Waals surface area contributed by atoms with E-state index in [4.69, 9.17) is 14.2 Å². The highest BCUT2D eigenvalue weighted by molar-refractivity contribution is 8.04. The van der Waals surface area contributed by atoms with E-state index < -0.39 is 35.3 Å². The van der Waals surface area contributed by atoms with Crippen LogP contribution in [0.2, 0.25) is 0 Å². The molecule has 1 amide bonds. The molecule has 0 aromatic heterocycles. The lowest BCUT2D eigenvalue weighted by Gasteiger charge is -2.52. The molecule has 156 valence electrons. The number of esters is 1. The van der Waals surface area contributed by atoms with Crippen LogP contribution in [0.5, 0.6) is 0 Å². The van der Waals surface area contributed by atoms with Gasteiger partial charge in [-0.05, 0) is 27.2 Å². The van der Waals surface area contributed by atoms with Crippen LogP contribution >= 0.6 is 11.8 Å². The van der Waals surface area contributed by atoms with Crippen LogP contribution in [0.4, 0.5) is 4.79 Å². The Bertz CT molecular complexity index is 702. The van der Waals surface area contributed by atoms with Crippen LogP contribution in [-0.2, 0) is 28.5 Å². The van der Waals surface area contributed by atoms with Crippen molar-refractivity contribution in [1.82, 2.24) is 4.90 Å². The zero-order chi connectivity index (χ0) is 20.6. The molecule has 3 aliphatic rings. The van der Waals surface area contributed by atoms with Gasteiger partial charge in [0.15, 0.2) is 0 Å². The molecule has 5 atom stereocenters. The molecule has 10 heteroatoms. The Balaban J connectivity index is 1.82. The Hall–Kier alpha value is -1.78. The monoisotopic (exact) mass is 415 g/mol. The highest BCUT2D eigenvalue weighted by atomic mass is 32.2. The van der Waals surface area contributed by atoms with Gasteiger partial charge in [-0.15, -0.1) is 0 Å². The molecule has 2 fully saturated rings. The van der Waals surface area contributed by atoms with Crippen LogP contribution in [0.15, 0.2) is 10.6 Å². The van der Waals surface area contributed by atoms with Crippen LogP contribution in [0, 0.1) is 11.8 Å². The molecule has 3 heterocycles. The molecule has 0 spiro atoms. The smallest absolute Gasteiger partial charge is 0.435 e. The molecule has 1 N–H and O–H groups in total. The van der Waals surface area contributed by atoms with Crippen LogP contribution < -0.4 is 0 Å². The molecule has 0 aliphatic carbocycles. The van der Waals surface area contributed by atoms with Gasteiger partial charge in [-0.2, -0.15) is 0 Å². The molecule has 3 rings (SSSR count). The van der Waals surface area contributed by atoms with Crippen LogP contribution in [0.3, 0.4) is 0 Å². The highest BCUT2D eigenvalue weighted by Crippen LogP contribution is 2.60. The van der Waals surface area contributed by atoms with Crippen LogP contribution in [0.25, 0.3) is 0 Å². The number of carbonyl (C=O) groups is 3. The van der Waals surface area contributed by atoms with Crippen molar-refractivity contribution in [3.8, 4) is 0 Å². The number of fused-ring (bicyclic) bond motifs is 1. The molecule has 0 radical (unpaired) electrons. The summed E-state index contributed by atoms with van der Waals surface area (Å²) in [4.78, 5) is 38.3. The first-order valence-corrected chi connectivity index (χ1v) is 10.1. The second-order valence-electron chi connectivity index (χ2n) is 7.10. The van der Waals surface area contributed by atoms with Gasteiger partial charge in [0.05, 0.1) is 25.2 Å². The molecular weight excluding hydrogens is 390 g/mol. The fourth-order valence-corrected chi connectivity index (χ4v) is 5.63. The summed E-state index contributed by atoms with van der Waals surface area (Å²) in [5, 5.41) is 10.0. The van der Waals surface area contributed by atoms with Gasteiger partial charge >= 0.3 is 12.1 Å². The van der Waals surface area contributed by atoms with Gasteiger partial charge in [-0.1, -0.05) is 11.8 Å². The number of aliphatic hydroxyl groups is 1. The van der Waals surface area contributed by atoms with Gasteiger partial charge in [-0.3, -0.25) is 9.69 Å². The molecule has 0 aromatic carbocycles. The summed E-state index contributed by atoms with van der Waals surface area (Å²) in [6, 6.07) is 0. The third-order valence-electron chi connectivity index (χ3n) is 5.05. The highest BCUT2D eigenvalue weighted by Gasteiger charge is 2.66. The van der Waals surface area contributed by atoms with Crippen molar-refractivity contribution in [2.24, 2.45) is 11.8 Å². The predicted molar refractivity (Wildman–Crippen MR) is 97.6 cm³/mol. The van der Waals surface area contributed by atoms with Crippen molar-refractivity contribution in [2.45, 2.75) is 51.4 Å². The van der Waals surface area contributed by atoms with E-state index in [9.17, 15) is 19.5 Å². The molecular formula is C18H25NO8S. The van der Waals surface area contributed by atoms with Gasteiger partial charge in [-0.25, -0.2) is 9.59 Å². The molecule has 0 bridgehead atoms. The minimum absolute atomic E-state index is 0.0290. The lowest BCUT2D eigenvalue weighted by molar-refractivity contribution is -0.175. The third-order valence-corrected chi connectivity index (χ3v) is 6.65. The second-order valence-corrected chi connectivity index (χ2v) is 8.57. The maximum Gasteiger partial charge on any atom is 0.511 e. The fraction of sp³-hybridized carbons (Fsp3) is 0.722. The minimum Gasteiger partial charge on any atom is -0.435 e. The Morgan fingerprint density at radius 3 is 2.68 bits per heavy atom. The number of β-lactam (4-membered cyclic amide) rings is 1. The normalized spacial score (nSPS) is 31.2. The van der Waals surface area contributed by atoms with E-state index in [1.54, 1.807) is 13.8 Å². The maximum atomic E-state index is 12.9. The largest absolute Gasteiger partial charge is 0.511 e. The standard InChI is InChI=1S/C18H25NO8S/c1-5-25-17(23)27-10(3)26-16(22)13-14(11-6-7-24-8-11)28-18(4)12(9(2)20)15(21)19(13)18/h9-12,20H,5-8H2,1-4H3/t9-,10?,11?,12+,18-/m1/s1. The summed E-state index contributed by atoms with van der Waals surface area (Å²) >= 11 is 1.40. The molecule has 0 aromatic rings. The molecule has 3 aliphatic heterocycles. The maximum absolute atomic E-state index is 12.9. The summed E-state index contributed by atoms with van der Waals surface area (Å²) in [7, 11) is 0. The lowest BCUT2D eigenvalue weighted by atomic mass is 9.83. The number of hydrogen-bond donors (Lipinski definition) is 1. The topological polar surface area (TPSA) is 112 Å². The van der Waals surface area contributed by atoms with Crippen molar-refractivity contribution in [2.75, 3.05) is 19.8 Å². The van der Waals surface area contributed by atoms with Gasteiger partial charge in [0, 0.05) is 24.4 Å². The summed E-state index contributed by atoms with van der Waals surface area (Å²) in [5.41, 5.74) is 0.143. The van der Waals surface area contributed by atoms with Crippen LogP contribution in [-0.4, -0.2) is 65.1 Å². The first kappa shape index (κ1) is 20.9. The summed E-state index contributed by atoms with van der Waals surface area (Å²) in [5.74, 6) is -1.73. The van der Waals surface area contributed by atoms with Crippen LogP contribution in [0.1, 0.15) is 34.1 Å². The van der Waals surface area contributed by atoms with Gasteiger partial charge in [0.1, 0.15) is 10.6 Å². The Morgan fingerprint density at radius 2 is 2.11 bits per heavy atom. The van der Waals surface area contributed by atoms with Crippen molar-refractivity contribution < 1.29 is 38.4 Å². The molecule has 0 saturated carbocycles. The van der Waals surface area contributed by atoms with E-state index in [2.05, 4.69) is 4.74 Å². The first-order chi connectivity index (χ1) is 13.2. The van der Waals surface area contributed by atoms with Gasteiger partial charge < -0.3 is 24.1 Å². The summed E-state index contributed by atoms with van der Waals surface area (Å²) in [6.45, 7) is 7.57. The average molecular weight is 415 g/mol. The van der Waals surface area contributed by atoms with E-state index in [0.29, 0.717) is 18.1 Å². The van der Waals surface area contributed by atoms with E-state index in [1.807, 2.05) is 6.92 Å². The van der Waals surface area contributed by atoms with Crippen molar-refractivity contribution >= 4 is 29.8 Å². The Morgan fingerprint density at radius 1 is 1.39 bits per heavy atom. The average Bonchev–Trinajstić information content (AvgIpc) is 3.18. The number of rotatable bonds is 6. The van der Waals surface area contributed by atoms with Crippen molar-refractivity contribution in [3.05, 3.63) is 10.6 Å². The van der Waals surface area contributed by atoms with E-state index in [-0.39, 0.29) is 24.1 Å². The van der Waals surface area contributed by atoms with E-state index in [1.165, 1.54) is 23.6 Å². The van der Waals surface area contributed by atoms with E-state index in [0.717, 1.165) is 6.42 Å². The molecule has 2 unspecified atom stereocenters. The Labute approximate surface area is 167 Å². The van der Waals surface area contributed by atoms with Crippen molar-refractivity contribution in [3.63, 3.8) is 0 Å². The van der Waals surface area contributed by atoms with E-state index >= 15 is 0 Å². The lowest BCUT2D eigenvalue weighted by Crippen LogP contribution is -2.68. The number of aliphatic hydroxyl groups excluding tert-OH is 1. The zero-order valence-electron chi connectivity index (χ0n) is 16.3. The molecule has 28 heavy (non-hydrogen) atoms. The van der Waals surface area contributed by atoms with Crippen molar-refractivity contribution in [1.29, 1.82) is 0 Å². The quantitative estimate of drug-likeness (QED) is 0.393. The predicted octanol–water partition coefficient (Wildman–Crippen LogP) is 1.60. The SMILES string of the molecule is CCOC(=O)OC(C)OC(=O)C1=C(C2CCOC2)S[C@]2(C)[C@@H]([C@@H](C)O)C(=O)N12. The number of thioether (sulfide) groups is 1. The number of nitrogens with zero attached hydrogens (tertiary/aromatic N) is 1.